The molecule has 0 amide bonds. The van der Waals surface area contributed by atoms with Gasteiger partial charge in [0.25, 0.3) is 0 Å². The first-order valence-electron chi connectivity index (χ1n) is 8.84. The van der Waals surface area contributed by atoms with Crippen LogP contribution in [0.2, 0.25) is 0 Å². The molecule has 1 aliphatic rings. The van der Waals surface area contributed by atoms with E-state index in [1.807, 2.05) is 12.1 Å². The minimum atomic E-state index is 0.183. The zero-order valence-electron chi connectivity index (χ0n) is 15.0. The predicted octanol–water partition coefficient (Wildman–Crippen LogP) is 3.46. The zero-order chi connectivity index (χ0) is 16.8. The molecular formula is C19H32N2O2. The largest absolute Gasteiger partial charge is 0.493 e. The van der Waals surface area contributed by atoms with E-state index in [0.29, 0.717) is 25.0 Å². The van der Waals surface area contributed by atoms with Crippen molar-refractivity contribution in [3.8, 4) is 11.5 Å². The van der Waals surface area contributed by atoms with Gasteiger partial charge >= 0.3 is 0 Å². The molecule has 2 rings (SSSR count). The van der Waals surface area contributed by atoms with Crippen molar-refractivity contribution >= 4 is 0 Å². The summed E-state index contributed by atoms with van der Waals surface area (Å²) in [6.45, 7) is 10.2. The number of likely N-dealkylation sites (tertiary alicyclic amines) is 1. The van der Waals surface area contributed by atoms with Gasteiger partial charge in [0, 0.05) is 25.2 Å². The van der Waals surface area contributed by atoms with Crippen molar-refractivity contribution < 1.29 is 9.47 Å². The molecule has 0 radical (unpaired) electrons. The molecule has 1 saturated heterocycles. The Balaban J connectivity index is 2.32. The quantitative estimate of drug-likeness (QED) is 0.836. The van der Waals surface area contributed by atoms with Crippen LogP contribution in [0.15, 0.2) is 18.2 Å². The molecule has 130 valence electrons. The molecule has 0 spiro atoms. The number of rotatable bonds is 7. The molecule has 1 aromatic carbocycles. The first kappa shape index (κ1) is 18.1. The van der Waals surface area contributed by atoms with Gasteiger partial charge in [-0.2, -0.15) is 0 Å². The Hall–Kier alpha value is -1.26. The summed E-state index contributed by atoms with van der Waals surface area (Å²) in [7, 11) is 1.69. The maximum Gasteiger partial charge on any atom is 0.165 e. The van der Waals surface area contributed by atoms with E-state index >= 15 is 0 Å². The van der Waals surface area contributed by atoms with Gasteiger partial charge in [0.15, 0.2) is 11.5 Å². The van der Waals surface area contributed by atoms with Crippen molar-refractivity contribution in [2.24, 2.45) is 17.6 Å². The second-order valence-corrected chi connectivity index (χ2v) is 6.88. The van der Waals surface area contributed by atoms with Crippen LogP contribution in [-0.2, 0) is 0 Å². The number of nitrogens with two attached hydrogens (primary N) is 1. The molecule has 4 nitrogen and oxygen atoms in total. The predicted molar refractivity (Wildman–Crippen MR) is 95.1 cm³/mol. The van der Waals surface area contributed by atoms with Gasteiger partial charge in [-0.05, 0) is 30.7 Å². The number of nitrogens with zero attached hydrogens (tertiary/aromatic N) is 1. The molecule has 0 aromatic heterocycles. The lowest BCUT2D eigenvalue weighted by Gasteiger charge is -2.40. The van der Waals surface area contributed by atoms with Crippen molar-refractivity contribution in [3.63, 3.8) is 0 Å². The lowest BCUT2D eigenvalue weighted by atomic mass is 9.89. The molecule has 0 aliphatic carbocycles. The summed E-state index contributed by atoms with van der Waals surface area (Å²) >= 11 is 0. The van der Waals surface area contributed by atoms with Crippen LogP contribution in [0.4, 0.5) is 0 Å². The van der Waals surface area contributed by atoms with Crippen LogP contribution in [0.25, 0.3) is 0 Å². The standard InChI is InChI=1S/C19H32N2O2/c1-5-9-23-19-16(7-6-8-18(19)22-4)17(11-20)21-12-14(2)10-15(3)13-21/h6-8,14-15,17H,5,9-13,20H2,1-4H3. The van der Waals surface area contributed by atoms with Crippen molar-refractivity contribution in [1.29, 1.82) is 0 Å². The third kappa shape index (κ3) is 4.39. The monoisotopic (exact) mass is 320 g/mol. The van der Waals surface area contributed by atoms with Gasteiger partial charge in [0.2, 0.25) is 0 Å². The first-order valence-corrected chi connectivity index (χ1v) is 8.84. The van der Waals surface area contributed by atoms with Gasteiger partial charge in [-0.1, -0.05) is 32.9 Å². The summed E-state index contributed by atoms with van der Waals surface area (Å²) in [4.78, 5) is 2.52. The van der Waals surface area contributed by atoms with Crippen LogP contribution in [0, 0.1) is 11.8 Å². The van der Waals surface area contributed by atoms with Crippen LogP contribution in [0.1, 0.15) is 45.2 Å². The summed E-state index contributed by atoms with van der Waals surface area (Å²) in [6, 6.07) is 6.31. The van der Waals surface area contributed by atoms with E-state index in [1.165, 1.54) is 6.42 Å². The normalized spacial score (nSPS) is 23.5. The van der Waals surface area contributed by atoms with E-state index in [1.54, 1.807) is 7.11 Å². The van der Waals surface area contributed by atoms with E-state index in [0.717, 1.165) is 36.6 Å². The number of methoxy groups -OCH3 is 1. The van der Waals surface area contributed by atoms with Gasteiger partial charge in [0.05, 0.1) is 19.8 Å². The molecule has 23 heavy (non-hydrogen) atoms. The third-order valence-electron chi connectivity index (χ3n) is 4.60. The van der Waals surface area contributed by atoms with E-state index in [2.05, 4.69) is 31.7 Å². The highest BCUT2D eigenvalue weighted by molar-refractivity contribution is 5.48. The Bertz CT molecular complexity index is 482. The van der Waals surface area contributed by atoms with Crippen LogP contribution in [0.5, 0.6) is 11.5 Å². The van der Waals surface area contributed by atoms with Gasteiger partial charge < -0.3 is 15.2 Å². The molecule has 1 aromatic rings. The second-order valence-electron chi connectivity index (χ2n) is 6.88. The van der Waals surface area contributed by atoms with Crippen molar-refractivity contribution in [2.45, 2.75) is 39.7 Å². The lowest BCUT2D eigenvalue weighted by molar-refractivity contribution is 0.0963. The third-order valence-corrected chi connectivity index (χ3v) is 4.60. The highest BCUT2D eigenvalue weighted by atomic mass is 16.5. The Morgan fingerprint density at radius 3 is 2.52 bits per heavy atom. The highest BCUT2D eigenvalue weighted by Crippen LogP contribution is 2.38. The molecule has 0 saturated carbocycles. The molecule has 0 bridgehead atoms. The smallest absolute Gasteiger partial charge is 0.165 e. The topological polar surface area (TPSA) is 47.7 Å². The van der Waals surface area contributed by atoms with Gasteiger partial charge in [-0.25, -0.2) is 0 Å². The molecule has 1 fully saturated rings. The second kappa shape index (κ2) is 8.55. The Morgan fingerprint density at radius 2 is 1.96 bits per heavy atom. The number of benzene rings is 1. The summed E-state index contributed by atoms with van der Waals surface area (Å²) in [6.07, 6.45) is 2.27. The minimum Gasteiger partial charge on any atom is -0.493 e. The number of piperidine rings is 1. The van der Waals surface area contributed by atoms with Gasteiger partial charge in [0.1, 0.15) is 0 Å². The van der Waals surface area contributed by atoms with E-state index < -0.39 is 0 Å². The Morgan fingerprint density at radius 1 is 1.26 bits per heavy atom. The molecule has 1 heterocycles. The molecule has 3 unspecified atom stereocenters. The SMILES string of the molecule is CCCOc1c(OC)cccc1C(CN)N1CC(C)CC(C)C1. The van der Waals surface area contributed by atoms with Crippen LogP contribution in [0.3, 0.4) is 0 Å². The zero-order valence-corrected chi connectivity index (χ0v) is 15.0. The van der Waals surface area contributed by atoms with Gasteiger partial charge in [-0.15, -0.1) is 0 Å². The lowest BCUT2D eigenvalue weighted by Crippen LogP contribution is -2.43. The number of hydrogen-bond donors (Lipinski definition) is 1. The molecular weight excluding hydrogens is 288 g/mol. The molecule has 3 atom stereocenters. The van der Waals surface area contributed by atoms with E-state index in [4.69, 9.17) is 15.2 Å². The fourth-order valence-electron chi connectivity index (χ4n) is 3.75. The number of ether oxygens (including phenoxy) is 2. The molecule has 1 aliphatic heterocycles. The fraction of sp³-hybridized carbons (Fsp3) is 0.684. The summed E-state index contributed by atoms with van der Waals surface area (Å²) in [5.41, 5.74) is 7.33. The van der Waals surface area contributed by atoms with Crippen LogP contribution in [-0.4, -0.2) is 38.3 Å². The van der Waals surface area contributed by atoms with Crippen LogP contribution < -0.4 is 15.2 Å². The van der Waals surface area contributed by atoms with Crippen molar-refractivity contribution in [3.05, 3.63) is 23.8 Å². The average Bonchev–Trinajstić information content (AvgIpc) is 2.53. The molecule has 4 heteroatoms. The summed E-state index contributed by atoms with van der Waals surface area (Å²) in [5.74, 6) is 3.07. The number of hydrogen-bond acceptors (Lipinski definition) is 4. The summed E-state index contributed by atoms with van der Waals surface area (Å²) < 4.78 is 11.6. The molecule has 2 N–H and O–H groups in total. The highest BCUT2D eigenvalue weighted by Gasteiger charge is 2.30. The average molecular weight is 320 g/mol. The van der Waals surface area contributed by atoms with E-state index in [9.17, 15) is 0 Å². The maximum absolute atomic E-state index is 6.18. The van der Waals surface area contributed by atoms with Crippen LogP contribution >= 0.6 is 0 Å². The fourth-order valence-corrected chi connectivity index (χ4v) is 3.75. The number of para-hydroxylation sites is 1. The Labute approximate surface area is 140 Å². The van der Waals surface area contributed by atoms with Crippen molar-refractivity contribution in [2.75, 3.05) is 33.4 Å². The summed E-state index contributed by atoms with van der Waals surface area (Å²) in [5, 5.41) is 0. The van der Waals surface area contributed by atoms with Crippen molar-refractivity contribution in [1.82, 2.24) is 4.90 Å². The Kier molecular flexibility index (Phi) is 6.72. The first-order chi connectivity index (χ1) is 11.1. The van der Waals surface area contributed by atoms with E-state index in [-0.39, 0.29) is 6.04 Å². The van der Waals surface area contributed by atoms with Gasteiger partial charge in [-0.3, -0.25) is 4.90 Å². The maximum atomic E-state index is 6.18. The minimum absolute atomic E-state index is 0.183.